The van der Waals surface area contributed by atoms with Crippen LogP contribution in [0, 0.1) is 5.82 Å². The number of aliphatic hydroxyl groups excluding tert-OH is 1. The van der Waals surface area contributed by atoms with E-state index in [0.29, 0.717) is 12.1 Å². The van der Waals surface area contributed by atoms with E-state index in [1.807, 2.05) is 19.0 Å². The topological polar surface area (TPSA) is 23.5 Å². The van der Waals surface area contributed by atoms with Gasteiger partial charge in [-0.2, -0.15) is 0 Å². The monoisotopic (exact) mass is 183 g/mol. The van der Waals surface area contributed by atoms with Crippen LogP contribution in [0.4, 0.5) is 4.39 Å². The van der Waals surface area contributed by atoms with Crippen LogP contribution in [0.1, 0.15) is 11.1 Å². The predicted molar refractivity (Wildman–Crippen MR) is 49.7 cm³/mol. The molecule has 0 bridgehead atoms. The Bertz CT molecular complexity index is 286. The lowest BCUT2D eigenvalue weighted by Gasteiger charge is -2.11. The van der Waals surface area contributed by atoms with Crippen molar-refractivity contribution in [2.75, 3.05) is 14.1 Å². The van der Waals surface area contributed by atoms with Crippen LogP contribution in [0.5, 0.6) is 0 Å². The van der Waals surface area contributed by atoms with Gasteiger partial charge in [-0.25, -0.2) is 4.39 Å². The molecule has 0 aliphatic rings. The van der Waals surface area contributed by atoms with E-state index in [2.05, 4.69) is 0 Å². The molecule has 3 heteroatoms. The quantitative estimate of drug-likeness (QED) is 0.765. The summed E-state index contributed by atoms with van der Waals surface area (Å²) >= 11 is 0. The number of rotatable bonds is 3. The molecule has 0 aliphatic carbocycles. The molecule has 1 aromatic rings. The highest BCUT2D eigenvalue weighted by Crippen LogP contribution is 2.11. The van der Waals surface area contributed by atoms with Crippen LogP contribution in [0.25, 0.3) is 0 Å². The van der Waals surface area contributed by atoms with E-state index in [1.54, 1.807) is 12.1 Å². The summed E-state index contributed by atoms with van der Waals surface area (Å²) in [5.74, 6) is -0.217. The smallest absolute Gasteiger partial charge is 0.127 e. The summed E-state index contributed by atoms with van der Waals surface area (Å²) in [5.41, 5.74) is 1.37. The largest absolute Gasteiger partial charge is 0.392 e. The zero-order valence-corrected chi connectivity index (χ0v) is 7.92. The normalized spacial score (nSPS) is 10.8. The van der Waals surface area contributed by atoms with E-state index in [9.17, 15) is 4.39 Å². The summed E-state index contributed by atoms with van der Waals surface area (Å²) in [6.07, 6.45) is 0. The first-order valence-corrected chi connectivity index (χ1v) is 4.16. The summed E-state index contributed by atoms with van der Waals surface area (Å²) in [7, 11) is 3.76. The maximum atomic E-state index is 13.2. The molecule has 0 fully saturated rings. The van der Waals surface area contributed by atoms with Crippen LogP contribution in [0.3, 0.4) is 0 Å². The fraction of sp³-hybridized carbons (Fsp3) is 0.400. The van der Waals surface area contributed by atoms with Crippen LogP contribution in [-0.2, 0) is 13.2 Å². The summed E-state index contributed by atoms with van der Waals surface area (Å²) in [6, 6.07) is 4.67. The Balaban J connectivity index is 2.90. The molecule has 0 spiro atoms. The van der Waals surface area contributed by atoms with Crippen molar-refractivity contribution in [3.63, 3.8) is 0 Å². The lowest BCUT2D eigenvalue weighted by atomic mass is 10.1. The maximum absolute atomic E-state index is 13.2. The second kappa shape index (κ2) is 4.35. The van der Waals surface area contributed by atoms with Gasteiger partial charge < -0.3 is 10.0 Å². The zero-order valence-electron chi connectivity index (χ0n) is 7.92. The molecular weight excluding hydrogens is 169 g/mol. The fourth-order valence-electron chi connectivity index (χ4n) is 1.19. The van der Waals surface area contributed by atoms with E-state index in [4.69, 9.17) is 5.11 Å². The van der Waals surface area contributed by atoms with Crippen molar-refractivity contribution in [1.29, 1.82) is 0 Å². The molecule has 0 unspecified atom stereocenters. The minimum Gasteiger partial charge on any atom is -0.392 e. The first-order chi connectivity index (χ1) is 6.13. The molecular formula is C10H14FNO. The van der Waals surface area contributed by atoms with E-state index >= 15 is 0 Å². The Hall–Kier alpha value is -0.930. The Morgan fingerprint density at radius 2 is 2.08 bits per heavy atom. The summed E-state index contributed by atoms with van der Waals surface area (Å²) in [6.45, 7) is 0.514. The predicted octanol–water partition coefficient (Wildman–Crippen LogP) is 1.38. The summed E-state index contributed by atoms with van der Waals surface area (Å²) in [4.78, 5) is 1.89. The third kappa shape index (κ3) is 2.79. The summed E-state index contributed by atoms with van der Waals surface area (Å²) < 4.78 is 13.2. The molecule has 13 heavy (non-hydrogen) atoms. The molecule has 0 radical (unpaired) electrons. The number of nitrogens with zero attached hydrogens (tertiary/aromatic N) is 1. The molecule has 0 amide bonds. The molecule has 0 aromatic heterocycles. The van der Waals surface area contributed by atoms with Crippen molar-refractivity contribution < 1.29 is 9.50 Å². The third-order valence-corrected chi connectivity index (χ3v) is 1.78. The molecule has 0 saturated carbocycles. The van der Waals surface area contributed by atoms with Crippen LogP contribution >= 0.6 is 0 Å². The van der Waals surface area contributed by atoms with Crippen molar-refractivity contribution in [3.8, 4) is 0 Å². The van der Waals surface area contributed by atoms with Crippen LogP contribution in [0.15, 0.2) is 18.2 Å². The molecule has 0 saturated heterocycles. The van der Waals surface area contributed by atoms with Crippen LogP contribution in [0.2, 0.25) is 0 Å². The molecule has 1 rings (SSSR count). The van der Waals surface area contributed by atoms with Gasteiger partial charge in [-0.05, 0) is 31.8 Å². The SMILES string of the molecule is CN(C)Cc1cc(CO)ccc1F. The van der Waals surface area contributed by atoms with Crippen LogP contribution in [-0.4, -0.2) is 24.1 Å². The highest BCUT2D eigenvalue weighted by molar-refractivity contribution is 5.24. The van der Waals surface area contributed by atoms with Gasteiger partial charge in [-0.3, -0.25) is 0 Å². The van der Waals surface area contributed by atoms with Crippen molar-refractivity contribution in [2.45, 2.75) is 13.2 Å². The molecule has 72 valence electrons. The Morgan fingerprint density at radius 1 is 1.38 bits per heavy atom. The van der Waals surface area contributed by atoms with Crippen LogP contribution < -0.4 is 0 Å². The number of hydrogen-bond donors (Lipinski definition) is 1. The van der Waals surface area contributed by atoms with Gasteiger partial charge >= 0.3 is 0 Å². The van der Waals surface area contributed by atoms with Gasteiger partial charge in [0.05, 0.1) is 6.61 Å². The summed E-state index contributed by atoms with van der Waals surface area (Å²) in [5, 5.41) is 8.85. The first-order valence-electron chi connectivity index (χ1n) is 4.16. The Labute approximate surface area is 77.6 Å². The van der Waals surface area contributed by atoms with Crippen molar-refractivity contribution in [3.05, 3.63) is 35.1 Å². The van der Waals surface area contributed by atoms with Gasteiger partial charge in [-0.1, -0.05) is 6.07 Å². The van der Waals surface area contributed by atoms with Gasteiger partial charge in [0.25, 0.3) is 0 Å². The van der Waals surface area contributed by atoms with Gasteiger partial charge in [0.2, 0.25) is 0 Å². The van der Waals surface area contributed by atoms with E-state index < -0.39 is 0 Å². The minimum atomic E-state index is -0.217. The molecule has 1 N–H and O–H groups in total. The van der Waals surface area contributed by atoms with Crippen molar-refractivity contribution >= 4 is 0 Å². The average molecular weight is 183 g/mol. The third-order valence-electron chi connectivity index (χ3n) is 1.78. The lowest BCUT2D eigenvalue weighted by molar-refractivity contribution is 0.281. The fourth-order valence-corrected chi connectivity index (χ4v) is 1.19. The Morgan fingerprint density at radius 3 is 2.62 bits per heavy atom. The van der Waals surface area contributed by atoms with Crippen molar-refractivity contribution in [2.24, 2.45) is 0 Å². The molecule has 0 atom stereocenters. The van der Waals surface area contributed by atoms with Crippen molar-refractivity contribution in [1.82, 2.24) is 4.90 Å². The highest BCUT2D eigenvalue weighted by Gasteiger charge is 2.03. The minimum absolute atomic E-state index is 0.0410. The first kappa shape index (κ1) is 10.2. The second-order valence-corrected chi connectivity index (χ2v) is 3.32. The van der Waals surface area contributed by atoms with E-state index in [1.165, 1.54) is 6.07 Å². The number of halogens is 1. The number of hydrogen-bond acceptors (Lipinski definition) is 2. The second-order valence-electron chi connectivity index (χ2n) is 3.32. The average Bonchev–Trinajstić information content (AvgIpc) is 2.08. The van der Waals surface area contributed by atoms with E-state index in [0.717, 1.165) is 5.56 Å². The van der Waals surface area contributed by atoms with Gasteiger partial charge in [-0.15, -0.1) is 0 Å². The molecule has 0 aliphatic heterocycles. The molecule has 0 heterocycles. The molecule has 1 aromatic carbocycles. The maximum Gasteiger partial charge on any atom is 0.127 e. The highest BCUT2D eigenvalue weighted by atomic mass is 19.1. The van der Waals surface area contributed by atoms with Gasteiger partial charge in [0.15, 0.2) is 0 Å². The number of benzene rings is 1. The Kier molecular flexibility index (Phi) is 3.39. The zero-order chi connectivity index (χ0) is 9.84. The standard InChI is InChI=1S/C10H14FNO/c1-12(2)6-9-5-8(7-13)3-4-10(9)11/h3-5,13H,6-7H2,1-2H3. The lowest BCUT2D eigenvalue weighted by Crippen LogP contribution is -2.12. The number of aliphatic hydroxyl groups is 1. The van der Waals surface area contributed by atoms with E-state index in [-0.39, 0.29) is 12.4 Å². The molecule has 2 nitrogen and oxygen atoms in total. The van der Waals surface area contributed by atoms with Gasteiger partial charge in [0.1, 0.15) is 5.82 Å². The van der Waals surface area contributed by atoms with Gasteiger partial charge in [0, 0.05) is 12.1 Å².